The maximum atomic E-state index is 5.80. The third-order valence-electron chi connectivity index (χ3n) is 4.32. The van der Waals surface area contributed by atoms with Crippen molar-refractivity contribution in [2.75, 3.05) is 19.5 Å². The van der Waals surface area contributed by atoms with Crippen LogP contribution in [0.5, 0.6) is 11.5 Å². The zero-order chi connectivity index (χ0) is 19.9. The van der Waals surface area contributed by atoms with Crippen LogP contribution >= 0.6 is 11.8 Å². The Balaban J connectivity index is 1.60. The van der Waals surface area contributed by atoms with E-state index >= 15 is 0 Å². The highest BCUT2D eigenvalue weighted by Crippen LogP contribution is 2.33. The van der Waals surface area contributed by atoms with E-state index in [9.17, 15) is 0 Å². The number of ether oxygens (including phenoxy) is 2. The Morgan fingerprint density at radius 3 is 2.28 bits per heavy atom. The average molecular weight is 404 g/mol. The Morgan fingerprint density at radius 2 is 1.52 bits per heavy atom. The predicted molar refractivity (Wildman–Crippen MR) is 116 cm³/mol. The number of methoxy groups -OCH3 is 1. The maximum Gasteiger partial charge on any atom is 0.196 e. The van der Waals surface area contributed by atoms with Crippen LogP contribution in [0.15, 0.2) is 90.1 Å². The number of benzene rings is 3. The molecule has 0 unspecified atom stereocenters. The average Bonchev–Trinajstić information content (AvgIpc) is 3.21. The second-order valence-electron chi connectivity index (χ2n) is 6.19. The highest BCUT2D eigenvalue weighted by molar-refractivity contribution is 7.99. The topological polar surface area (TPSA) is 49.2 Å². The molecular formula is C23H21N3O2S. The SMILES string of the molecule is COc1ccccc1-c1nnc(SCCOc2ccccc2)n1-c1ccccc1. The lowest BCUT2D eigenvalue weighted by molar-refractivity contribution is 0.344. The highest BCUT2D eigenvalue weighted by Gasteiger charge is 2.18. The van der Waals surface area contributed by atoms with Crippen LogP contribution in [0.25, 0.3) is 17.1 Å². The molecule has 0 aliphatic carbocycles. The van der Waals surface area contributed by atoms with Crippen LogP contribution in [0.2, 0.25) is 0 Å². The quantitative estimate of drug-likeness (QED) is 0.302. The predicted octanol–water partition coefficient (Wildman–Crippen LogP) is 5.11. The van der Waals surface area contributed by atoms with E-state index in [0.29, 0.717) is 6.61 Å². The number of hydrogen-bond acceptors (Lipinski definition) is 5. The van der Waals surface area contributed by atoms with Crippen molar-refractivity contribution in [1.29, 1.82) is 0 Å². The molecule has 1 aromatic heterocycles. The Bertz CT molecular complexity index is 1050. The summed E-state index contributed by atoms with van der Waals surface area (Å²) in [6, 6.07) is 27.8. The second kappa shape index (κ2) is 9.30. The van der Waals surface area contributed by atoms with Crippen LogP contribution in [0, 0.1) is 0 Å². The van der Waals surface area contributed by atoms with E-state index < -0.39 is 0 Å². The fourth-order valence-corrected chi connectivity index (χ4v) is 3.76. The van der Waals surface area contributed by atoms with E-state index in [4.69, 9.17) is 9.47 Å². The lowest BCUT2D eigenvalue weighted by Crippen LogP contribution is -2.03. The normalized spacial score (nSPS) is 10.7. The lowest BCUT2D eigenvalue weighted by atomic mass is 10.2. The molecule has 0 saturated heterocycles. The van der Waals surface area contributed by atoms with Crippen LogP contribution in [-0.2, 0) is 0 Å². The molecule has 5 nitrogen and oxygen atoms in total. The Hall–Kier alpha value is -3.25. The highest BCUT2D eigenvalue weighted by atomic mass is 32.2. The molecule has 3 aromatic carbocycles. The van der Waals surface area contributed by atoms with Crippen molar-refractivity contribution in [3.05, 3.63) is 84.9 Å². The molecule has 29 heavy (non-hydrogen) atoms. The summed E-state index contributed by atoms with van der Waals surface area (Å²) in [4.78, 5) is 0. The standard InChI is InChI=1S/C23H21N3O2S/c1-27-21-15-9-8-14-20(21)22-24-25-23(26(22)18-10-4-2-5-11-18)29-17-16-28-19-12-6-3-7-13-19/h2-15H,16-17H2,1H3. The molecule has 6 heteroatoms. The third-order valence-corrected chi connectivity index (χ3v) is 5.22. The summed E-state index contributed by atoms with van der Waals surface area (Å²) in [6.45, 7) is 0.584. The first-order valence-electron chi connectivity index (χ1n) is 9.31. The lowest BCUT2D eigenvalue weighted by Gasteiger charge is -2.12. The Kier molecular flexibility index (Phi) is 6.12. The van der Waals surface area contributed by atoms with E-state index in [1.54, 1.807) is 18.9 Å². The maximum absolute atomic E-state index is 5.80. The molecule has 146 valence electrons. The van der Waals surface area contributed by atoms with Gasteiger partial charge in [-0.15, -0.1) is 10.2 Å². The number of hydrogen-bond donors (Lipinski definition) is 0. The smallest absolute Gasteiger partial charge is 0.196 e. The summed E-state index contributed by atoms with van der Waals surface area (Å²) in [5.74, 6) is 3.14. The molecule has 0 N–H and O–H groups in total. The summed E-state index contributed by atoms with van der Waals surface area (Å²) in [7, 11) is 1.67. The van der Waals surface area contributed by atoms with Crippen LogP contribution in [0.1, 0.15) is 0 Å². The van der Waals surface area contributed by atoms with Crippen molar-refractivity contribution in [2.45, 2.75) is 5.16 Å². The monoisotopic (exact) mass is 403 g/mol. The molecule has 0 fully saturated rings. The van der Waals surface area contributed by atoms with Crippen LogP contribution < -0.4 is 9.47 Å². The van der Waals surface area contributed by atoms with Crippen molar-refractivity contribution in [1.82, 2.24) is 14.8 Å². The minimum atomic E-state index is 0.584. The summed E-state index contributed by atoms with van der Waals surface area (Å²) >= 11 is 1.61. The molecule has 4 rings (SSSR count). The number of aromatic nitrogens is 3. The van der Waals surface area contributed by atoms with Gasteiger partial charge >= 0.3 is 0 Å². The Morgan fingerprint density at radius 1 is 0.828 bits per heavy atom. The van der Waals surface area contributed by atoms with Gasteiger partial charge in [-0.3, -0.25) is 4.57 Å². The summed E-state index contributed by atoms with van der Waals surface area (Å²) in [5.41, 5.74) is 1.91. The van der Waals surface area contributed by atoms with E-state index in [1.807, 2.05) is 84.9 Å². The van der Waals surface area contributed by atoms with Crippen LogP contribution in [0.4, 0.5) is 0 Å². The van der Waals surface area contributed by atoms with Gasteiger partial charge in [0.15, 0.2) is 11.0 Å². The Labute approximate surface area is 174 Å². The van der Waals surface area contributed by atoms with Crippen molar-refractivity contribution in [3.63, 3.8) is 0 Å². The first kappa shape index (κ1) is 19.1. The van der Waals surface area contributed by atoms with E-state index in [2.05, 4.69) is 14.8 Å². The molecule has 0 atom stereocenters. The number of thioether (sulfide) groups is 1. The molecule has 1 heterocycles. The molecule has 0 saturated carbocycles. The van der Waals surface area contributed by atoms with Gasteiger partial charge in [-0.25, -0.2) is 0 Å². The summed E-state index contributed by atoms with van der Waals surface area (Å²) in [6.07, 6.45) is 0. The van der Waals surface area contributed by atoms with Crippen molar-refractivity contribution in [3.8, 4) is 28.6 Å². The zero-order valence-electron chi connectivity index (χ0n) is 16.1. The number of rotatable bonds is 8. The fraction of sp³-hybridized carbons (Fsp3) is 0.130. The fourth-order valence-electron chi connectivity index (χ4n) is 2.99. The van der Waals surface area contributed by atoms with E-state index in [0.717, 1.165) is 39.5 Å². The van der Waals surface area contributed by atoms with Crippen LogP contribution in [0.3, 0.4) is 0 Å². The van der Waals surface area contributed by atoms with Crippen molar-refractivity contribution in [2.24, 2.45) is 0 Å². The molecule has 0 amide bonds. The molecule has 0 bridgehead atoms. The number of nitrogens with zero attached hydrogens (tertiary/aromatic N) is 3. The van der Waals surface area contributed by atoms with Gasteiger partial charge in [0.25, 0.3) is 0 Å². The first-order chi connectivity index (χ1) is 14.4. The van der Waals surface area contributed by atoms with Crippen molar-refractivity contribution < 1.29 is 9.47 Å². The number of para-hydroxylation sites is 3. The van der Waals surface area contributed by atoms with Gasteiger partial charge in [-0.05, 0) is 36.4 Å². The summed E-state index contributed by atoms with van der Waals surface area (Å²) in [5, 5.41) is 9.75. The third kappa shape index (κ3) is 4.43. The second-order valence-corrected chi connectivity index (χ2v) is 7.25. The molecule has 0 aliphatic rings. The summed E-state index contributed by atoms with van der Waals surface area (Å²) < 4.78 is 13.4. The van der Waals surface area contributed by atoms with Gasteiger partial charge in [0.1, 0.15) is 11.5 Å². The molecule has 0 aliphatic heterocycles. The molecular weight excluding hydrogens is 382 g/mol. The first-order valence-corrected chi connectivity index (χ1v) is 10.3. The largest absolute Gasteiger partial charge is 0.496 e. The van der Waals surface area contributed by atoms with E-state index in [1.165, 1.54) is 0 Å². The minimum absolute atomic E-state index is 0.584. The van der Waals surface area contributed by atoms with Gasteiger partial charge in [0, 0.05) is 11.4 Å². The molecule has 4 aromatic rings. The molecule has 0 radical (unpaired) electrons. The van der Waals surface area contributed by atoms with Gasteiger partial charge in [-0.2, -0.15) is 0 Å². The van der Waals surface area contributed by atoms with Crippen molar-refractivity contribution >= 4 is 11.8 Å². The van der Waals surface area contributed by atoms with Gasteiger partial charge in [-0.1, -0.05) is 60.3 Å². The van der Waals surface area contributed by atoms with E-state index in [-0.39, 0.29) is 0 Å². The zero-order valence-corrected chi connectivity index (χ0v) is 16.9. The van der Waals surface area contributed by atoms with Gasteiger partial charge in [0.05, 0.1) is 19.3 Å². The van der Waals surface area contributed by atoms with Gasteiger partial charge < -0.3 is 9.47 Å². The van der Waals surface area contributed by atoms with Gasteiger partial charge in [0.2, 0.25) is 0 Å². The minimum Gasteiger partial charge on any atom is -0.496 e. The van der Waals surface area contributed by atoms with Crippen LogP contribution in [-0.4, -0.2) is 34.2 Å². The molecule has 0 spiro atoms.